The number of hydrogen-bond donors (Lipinski definition) is 2. The number of amides is 1. The number of carbonyl (C=O) groups excluding carboxylic acids is 1. The molecular weight excluding hydrogens is 282 g/mol. The SMILES string of the molecule is O=C(NC[C@@H]1CCCO1)c1ccc(-c2cncc(=O)[nH]2)cc1. The number of ether oxygens (including phenoxy) is 1. The van der Waals surface area contributed by atoms with Crippen LogP contribution in [0.5, 0.6) is 0 Å². The lowest BCUT2D eigenvalue weighted by Crippen LogP contribution is -2.31. The molecule has 1 atom stereocenters. The van der Waals surface area contributed by atoms with E-state index in [1.807, 2.05) is 0 Å². The van der Waals surface area contributed by atoms with Gasteiger partial charge >= 0.3 is 0 Å². The Bertz CT molecular complexity index is 703. The minimum absolute atomic E-state index is 0.123. The number of carbonyl (C=O) groups is 1. The summed E-state index contributed by atoms with van der Waals surface area (Å²) in [7, 11) is 0. The smallest absolute Gasteiger partial charge is 0.266 e. The van der Waals surface area contributed by atoms with Gasteiger partial charge in [-0.05, 0) is 30.5 Å². The van der Waals surface area contributed by atoms with Crippen LogP contribution in [-0.4, -0.2) is 35.1 Å². The van der Waals surface area contributed by atoms with E-state index in [9.17, 15) is 9.59 Å². The summed E-state index contributed by atoms with van der Waals surface area (Å²) in [5.74, 6) is -0.123. The molecule has 0 unspecified atom stereocenters. The zero-order valence-electron chi connectivity index (χ0n) is 12.0. The Morgan fingerprint density at radius 2 is 2.14 bits per heavy atom. The quantitative estimate of drug-likeness (QED) is 0.892. The van der Waals surface area contributed by atoms with E-state index in [0.717, 1.165) is 25.0 Å². The van der Waals surface area contributed by atoms with Gasteiger partial charge in [0.15, 0.2) is 0 Å². The second-order valence-corrected chi connectivity index (χ2v) is 5.23. The van der Waals surface area contributed by atoms with Gasteiger partial charge in [-0.15, -0.1) is 0 Å². The summed E-state index contributed by atoms with van der Waals surface area (Å²) in [4.78, 5) is 29.9. The lowest BCUT2D eigenvalue weighted by Gasteiger charge is -2.11. The number of rotatable bonds is 4. The van der Waals surface area contributed by atoms with E-state index >= 15 is 0 Å². The molecule has 1 aromatic carbocycles. The molecule has 1 amide bonds. The summed E-state index contributed by atoms with van der Waals surface area (Å²) in [6.07, 6.45) is 4.97. The molecule has 0 radical (unpaired) electrons. The Morgan fingerprint density at radius 3 is 2.82 bits per heavy atom. The molecule has 2 heterocycles. The van der Waals surface area contributed by atoms with Crippen LogP contribution in [0.15, 0.2) is 41.5 Å². The van der Waals surface area contributed by atoms with Crippen LogP contribution in [-0.2, 0) is 4.74 Å². The number of nitrogens with one attached hydrogen (secondary N) is 2. The molecule has 6 heteroatoms. The Labute approximate surface area is 127 Å². The van der Waals surface area contributed by atoms with Crippen molar-refractivity contribution in [3.63, 3.8) is 0 Å². The fourth-order valence-corrected chi connectivity index (χ4v) is 2.44. The molecule has 114 valence electrons. The monoisotopic (exact) mass is 299 g/mol. The fourth-order valence-electron chi connectivity index (χ4n) is 2.44. The average molecular weight is 299 g/mol. The first-order valence-corrected chi connectivity index (χ1v) is 7.27. The lowest BCUT2D eigenvalue weighted by atomic mass is 10.1. The van der Waals surface area contributed by atoms with E-state index < -0.39 is 0 Å². The van der Waals surface area contributed by atoms with Crippen LogP contribution >= 0.6 is 0 Å². The van der Waals surface area contributed by atoms with Crippen LogP contribution in [0.25, 0.3) is 11.3 Å². The van der Waals surface area contributed by atoms with Crippen LogP contribution < -0.4 is 10.9 Å². The molecule has 2 N–H and O–H groups in total. The third-order valence-electron chi connectivity index (χ3n) is 3.63. The van der Waals surface area contributed by atoms with E-state index in [-0.39, 0.29) is 17.6 Å². The molecule has 1 aliphatic rings. The van der Waals surface area contributed by atoms with Crippen molar-refractivity contribution in [1.82, 2.24) is 15.3 Å². The lowest BCUT2D eigenvalue weighted by molar-refractivity contribution is 0.0858. The van der Waals surface area contributed by atoms with Gasteiger partial charge in [0.1, 0.15) is 0 Å². The molecule has 0 bridgehead atoms. The summed E-state index contributed by atoms with van der Waals surface area (Å²) >= 11 is 0. The van der Waals surface area contributed by atoms with Crippen LogP contribution in [0.4, 0.5) is 0 Å². The van der Waals surface area contributed by atoms with Crippen molar-refractivity contribution in [2.75, 3.05) is 13.2 Å². The van der Waals surface area contributed by atoms with Crippen molar-refractivity contribution in [2.24, 2.45) is 0 Å². The molecular formula is C16H17N3O3. The Morgan fingerprint density at radius 1 is 1.32 bits per heavy atom. The molecule has 1 fully saturated rings. The molecule has 1 aliphatic heterocycles. The van der Waals surface area contributed by atoms with Gasteiger partial charge in [-0.3, -0.25) is 14.6 Å². The maximum atomic E-state index is 12.1. The first-order chi connectivity index (χ1) is 10.7. The summed E-state index contributed by atoms with van der Waals surface area (Å²) in [6.45, 7) is 1.31. The minimum atomic E-state index is -0.254. The van der Waals surface area contributed by atoms with Crippen LogP contribution in [0.1, 0.15) is 23.2 Å². The van der Waals surface area contributed by atoms with Crippen LogP contribution in [0.2, 0.25) is 0 Å². The van der Waals surface area contributed by atoms with Crippen LogP contribution in [0, 0.1) is 0 Å². The van der Waals surface area contributed by atoms with Gasteiger partial charge < -0.3 is 15.0 Å². The molecule has 0 saturated carbocycles. The molecule has 22 heavy (non-hydrogen) atoms. The first-order valence-electron chi connectivity index (χ1n) is 7.27. The maximum Gasteiger partial charge on any atom is 0.266 e. The number of nitrogens with zero attached hydrogens (tertiary/aromatic N) is 1. The van der Waals surface area contributed by atoms with Crippen molar-refractivity contribution in [3.05, 3.63) is 52.6 Å². The number of benzene rings is 1. The molecule has 0 spiro atoms. The van der Waals surface area contributed by atoms with E-state index in [1.165, 1.54) is 6.20 Å². The summed E-state index contributed by atoms with van der Waals surface area (Å²) in [5, 5.41) is 2.88. The fraction of sp³-hybridized carbons (Fsp3) is 0.312. The second-order valence-electron chi connectivity index (χ2n) is 5.23. The second kappa shape index (κ2) is 6.53. The normalized spacial score (nSPS) is 17.4. The largest absolute Gasteiger partial charge is 0.376 e. The van der Waals surface area contributed by atoms with E-state index in [4.69, 9.17) is 4.74 Å². The standard InChI is InChI=1S/C16H17N3O3/c20-15-10-17-9-14(19-15)11-3-5-12(6-4-11)16(21)18-8-13-2-1-7-22-13/h3-6,9-10,13H,1-2,7-8H2,(H,18,21)(H,19,20)/t13-/m0/s1. The first kappa shape index (κ1) is 14.5. The highest BCUT2D eigenvalue weighted by Gasteiger charge is 2.16. The van der Waals surface area contributed by atoms with E-state index in [2.05, 4.69) is 15.3 Å². The van der Waals surface area contributed by atoms with Gasteiger partial charge in [-0.2, -0.15) is 0 Å². The van der Waals surface area contributed by atoms with Crippen molar-refractivity contribution in [3.8, 4) is 11.3 Å². The minimum Gasteiger partial charge on any atom is -0.376 e. The Hall–Kier alpha value is -2.47. The summed E-state index contributed by atoms with van der Waals surface area (Å²) in [5.41, 5.74) is 1.75. The third kappa shape index (κ3) is 3.40. The van der Waals surface area contributed by atoms with Gasteiger partial charge in [0.2, 0.25) is 0 Å². The number of H-pyrrole nitrogens is 1. The topological polar surface area (TPSA) is 84.1 Å². The third-order valence-corrected chi connectivity index (χ3v) is 3.63. The molecule has 6 nitrogen and oxygen atoms in total. The van der Waals surface area contributed by atoms with Crippen LogP contribution in [0.3, 0.4) is 0 Å². The summed E-state index contributed by atoms with van der Waals surface area (Å²) < 4.78 is 5.47. The molecule has 2 aromatic rings. The molecule has 3 rings (SSSR count). The van der Waals surface area contributed by atoms with Gasteiger partial charge in [0, 0.05) is 18.7 Å². The zero-order chi connectivity index (χ0) is 15.4. The van der Waals surface area contributed by atoms with Gasteiger partial charge in [-0.1, -0.05) is 12.1 Å². The van der Waals surface area contributed by atoms with Gasteiger partial charge in [0.05, 0.1) is 24.2 Å². The van der Waals surface area contributed by atoms with Crippen molar-refractivity contribution >= 4 is 5.91 Å². The number of hydrogen-bond acceptors (Lipinski definition) is 4. The predicted molar refractivity (Wildman–Crippen MR) is 81.6 cm³/mol. The highest BCUT2D eigenvalue weighted by Crippen LogP contribution is 2.15. The van der Waals surface area contributed by atoms with E-state index in [1.54, 1.807) is 30.5 Å². The zero-order valence-corrected chi connectivity index (χ0v) is 12.0. The molecule has 1 saturated heterocycles. The maximum absolute atomic E-state index is 12.1. The number of aromatic amines is 1. The van der Waals surface area contributed by atoms with Crippen molar-refractivity contribution in [2.45, 2.75) is 18.9 Å². The highest BCUT2D eigenvalue weighted by atomic mass is 16.5. The Balaban J connectivity index is 1.65. The molecule has 1 aromatic heterocycles. The Kier molecular flexibility index (Phi) is 4.29. The highest BCUT2D eigenvalue weighted by molar-refractivity contribution is 5.94. The average Bonchev–Trinajstić information content (AvgIpc) is 3.06. The van der Waals surface area contributed by atoms with E-state index in [0.29, 0.717) is 17.8 Å². The number of aromatic nitrogens is 2. The van der Waals surface area contributed by atoms with Gasteiger partial charge in [-0.25, -0.2) is 0 Å². The van der Waals surface area contributed by atoms with Gasteiger partial charge in [0.25, 0.3) is 11.5 Å². The molecule has 0 aliphatic carbocycles. The van der Waals surface area contributed by atoms with Crippen molar-refractivity contribution in [1.29, 1.82) is 0 Å². The van der Waals surface area contributed by atoms with Crippen molar-refractivity contribution < 1.29 is 9.53 Å². The summed E-state index contributed by atoms with van der Waals surface area (Å²) in [6, 6.07) is 7.03. The predicted octanol–water partition coefficient (Wildman–Crippen LogP) is 1.35.